The van der Waals surface area contributed by atoms with Crippen LogP contribution in [-0.4, -0.2) is 6.54 Å². The van der Waals surface area contributed by atoms with Gasteiger partial charge in [-0.25, -0.2) is 4.39 Å². The Kier molecular flexibility index (Phi) is 5.30. The highest BCUT2D eigenvalue weighted by molar-refractivity contribution is 14.1. The van der Waals surface area contributed by atoms with E-state index in [2.05, 4.69) is 12.2 Å². The number of anilines is 2. The Morgan fingerprint density at radius 1 is 1.42 bits per heavy atom. The molecule has 1 fully saturated rings. The molecule has 1 saturated carbocycles. The molecular formula is C15H22FIN2. The van der Waals surface area contributed by atoms with E-state index < -0.39 is 0 Å². The molecule has 0 heterocycles. The summed E-state index contributed by atoms with van der Waals surface area (Å²) in [6, 6.07) is 3.18. The van der Waals surface area contributed by atoms with Gasteiger partial charge in [-0.2, -0.15) is 0 Å². The molecule has 19 heavy (non-hydrogen) atoms. The first-order valence-corrected chi connectivity index (χ1v) is 8.12. The van der Waals surface area contributed by atoms with Gasteiger partial charge in [0.05, 0.1) is 14.9 Å². The van der Waals surface area contributed by atoms with Crippen LogP contribution in [0.1, 0.15) is 39.0 Å². The highest BCUT2D eigenvalue weighted by atomic mass is 127. The van der Waals surface area contributed by atoms with Crippen molar-refractivity contribution in [2.45, 2.75) is 39.0 Å². The Hall–Kier alpha value is -0.520. The van der Waals surface area contributed by atoms with Gasteiger partial charge in [0.1, 0.15) is 5.82 Å². The molecule has 0 aromatic heterocycles. The topological polar surface area (TPSA) is 38.0 Å². The van der Waals surface area contributed by atoms with E-state index in [0.29, 0.717) is 9.26 Å². The van der Waals surface area contributed by atoms with Crippen LogP contribution in [0.2, 0.25) is 0 Å². The predicted octanol–water partition coefficient (Wildman–Crippen LogP) is 4.64. The van der Waals surface area contributed by atoms with Crippen LogP contribution in [0.5, 0.6) is 0 Å². The zero-order valence-electron chi connectivity index (χ0n) is 11.4. The molecule has 2 atom stereocenters. The minimum Gasteiger partial charge on any atom is -0.397 e. The highest BCUT2D eigenvalue weighted by Gasteiger charge is 2.18. The maximum atomic E-state index is 13.5. The fraction of sp³-hybridized carbons (Fsp3) is 0.600. The molecule has 3 N–H and O–H groups in total. The maximum absolute atomic E-state index is 13.5. The molecule has 106 valence electrons. The van der Waals surface area contributed by atoms with Crippen LogP contribution >= 0.6 is 22.6 Å². The molecule has 0 amide bonds. The Morgan fingerprint density at radius 3 is 2.95 bits per heavy atom. The third-order valence-corrected chi connectivity index (χ3v) is 4.83. The molecule has 0 aliphatic heterocycles. The van der Waals surface area contributed by atoms with E-state index in [1.54, 1.807) is 6.07 Å². The zero-order chi connectivity index (χ0) is 13.8. The lowest BCUT2D eigenvalue weighted by atomic mass is 9.81. The first kappa shape index (κ1) is 14.9. The minimum atomic E-state index is -0.205. The Morgan fingerprint density at radius 2 is 2.21 bits per heavy atom. The third-order valence-electron chi connectivity index (χ3n) is 4.01. The summed E-state index contributed by atoms with van der Waals surface area (Å²) in [6.45, 7) is 3.22. The predicted molar refractivity (Wildman–Crippen MR) is 87.8 cm³/mol. The standard InChI is InChI=1S/C15H22FIN2/c1-10-3-2-4-11(7-10)5-6-19-15-8-12(16)13(17)9-14(15)18/h8-11,19H,2-7,18H2,1H3. The summed E-state index contributed by atoms with van der Waals surface area (Å²) in [5, 5.41) is 3.27. The van der Waals surface area contributed by atoms with Crippen molar-refractivity contribution < 1.29 is 4.39 Å². The average molecular weight is 376 g/mol. The summed E-state index contributed by atoms with van der Waals surface area (Å²) >= 11 is 1.96. The van der Waals surface area contributed by atoms with Gasteiger partial charge in [-0.1, -0.05) is 26.2 Å². The van der Waals surface area contributed by atoms with Crippen LogP contribution < -0.4 is 11.1 Å². The molecule has 1 aromatic carbocycles. The molecule has 0 radical (unpaired) electrons. The number of hydrogen-bond acceptors (Lipinski definition) is 2. The first-order valence-electron chi connectivity index (χ1n) is 7.04. The molecule has 2 nitrogen and oxygen atoms in total. The summed E-state index contributed by atoms with van der Waals surface area (Å²) in [7, 11) is 0. The van der Waals surface area contributed by atoms with Crippen molar-refractivity contribution in [3.05, 3.63) is 21.5 Å². The summed E-state index contributed by atoms with van der Waals surface area (Å²) in [5.41, 5.74) is 7.25. The number of halogens is 2. The van der Waals surface area contributed by atoms with E-state index in [1.165, 1.54) is 31.7 Å². The monoisotopic (exact) mass is 376 g/mol. The van der Waals surface area contributed by atoms with Crippen molar-refractivity contribution in [2.24, 2.45) is 11.8 Å². The van der Waals surface area contributed by atoms with Crippen LogP contribution in [0.4, 0.5) is 15.8 Å². The van der Waals surface area contributed by atoms with Crippen molar-refractivity contribution in [3.8, 4) is 0 Å². The Balaban J connectivity index is 1.84. The lowest BCUT2D eigenvalue weighted by Gasteiger charge is -2.26. The summed E-state index contributed by atoms with van der Waals surface area (Å²) in [5.74, 6) is 1.47. The normalized spacial score (nSPS) is 23.3. The highest BCUT2D eigenvalue weighted by Crippen LogP contribution is 2.31. The minimum absolute atomic E-state index is 0.205. The number of nitrogens with two attached hydrogens (primary N) is 1. The molecular weight excluding hydrogens is 354 g/mol. The largest absolute Gasteiger partial charge is 0.397 e. The van der Waals surface area contributed by atoms with Crippen LogP contribution in [-0.2, 0) is 0 Å². The number of nitrogen functional groups attached to an aromatic ring is 1. The van der Waals surface area contributed by atoms with Gasteiger partial charge in [-0.15, -0.1) is 0 Å². The van der Waals surface area contributed by atoms with E-state index in [4.69, 9.17) is 5.73 Å². The van der Waals surface area contributed by atoms with Crippen LogP contribution in [0, 0.1) is 21.2 Å². The van der Waals surface area contributed by atoms with Crippen molar-refractivity contribution in [2.75, 3.05) is 17.6 Å². The van der Waals surface area contributed by atoms with E-state index in [1.807, 2.05) is 22.6 Å². The molecule has 1 aromatic rings. The average Bonchev–Trinajstić information content (AvgIpc) is 2.35. The van der Waals surface area contributed by atoms with Gasteiger partial charge in [-0.05, 0) is 53.3 Å². The van der Waals surface area contributed by atoms with Crippen molar-refractivity contribution in [1.82, 2.24) is 0 Å². The van der Waals surface area contributed by atoms with Gasteiger partial charge in [0, 0.05) is 12.6 Å². The van der Waals surface area contributed by atoms with Gasteiger partial charge in [0.25, 0.3) is 0 Å². The number of benzene rings is 1. The zero-order valence-corrected chi connectivity index (χ0v) is 13.5. The van der Waals surface area contributed by atoms with Crippen molar-refractivity contribution in [1.29, 1.82) is 0 Å². The Bertz CT molecular complexity index is 436. The lowest BCUT2D eigenvalue weighted by Crippen LogP contribution is -2.17. The maximum Gasteiger partial charge on any atom is 0.138 e. The van der Waals surface area contributed by atoms with Crippen LogP contribution in [0.15, 0.2) is 12.1 Å². The van der Waals surface area contributed by atoms with Gasteiger partial charge in [0.2, 0.25) is 0 Å². The van der Waals surface area contributed by atoms with E-state index >= 15 is 0 Å². The molecule has 2 unspecified atom stereocenters. The van der Waals surface area contributed by atoms with Gasteiger partial charge >= 0.3 is 0 Å². The van der Waals surface area contributed by atoms with E-state index in [0.717, 1.165) is 30.5 Å². The second-order valence-electron chi connectivity index (χ2n) is 5.71. The van der Waals surface area contributed by atoms with Gasteiger partial charge in [-0.3, -0.25) is 0 Å². The molecule has 1 aliphatic rings. The van der Waals surface area contributed by atoms with Crippen LogP contribution in [0.3, 0.4) is 0 Å². The summed E-state index contributed by atoms with van der Waals surface area (Å²) in [6.07, 6.45) is 6.55. The van der Waals surface area contributed by atoms with Gasteiger partial charge < -0.3 is 11.1 Å². The first-order chi connectivity index (χ1) is 9.06. The summed E-state index contributed by atoms with van der Waals surface area (Å²) in [4.78, 5) is 0. The van der Waals surface area contributed by atoms with Crippen LogP contribution in [0.25, 0.3) is 0 Å². The number of hydrogen-bond donors (Lipinski definition) is 2. The third kappa shape index (κ3) is 4.23. The molecule has 0 spiro atoms. The smallest absolute Gasteiger partial charge is 0.138 e. The molecule has 0 saturated heterocycles. The quantitative estimate of drug-likeness (QED) is 0.594. The second-order valence-corrected chi connectivity index (χ2v) is 6.87. The lowest BCUT2D eigenvalue weighted by molar-refractivity contribution is 0.274. The fourth-order valence-corrected chi connectivity index (χ4v) is 3.44. The summed E-state index contributed by atoms with van der Waals surface area (Å²) < 4.78 is 14.1. The van der Waals surface area contributed by atoms with Crippen molar-refractivity contribution in [3.63, 3.8) is 0 Å². The molecule has 0 bridgehead atoms. The fourth-order valence-electron chi connectivity index (χ4n) is 2.95. The Labute approximate surface area is 128 Å². The SMILES string of the molecule is CC1CCCC(CCNc2cc(F)c(I)cc2N)C1. The number of nitrogens with one attached hydrogen (secondary N) is 1. The molecule has 1 aliphatic carbocycles. The molecule has 2 rings (SSSR count). The van der Waals surface area contributed by atoms with Crippen molar-refractivity contribution >= 4 is 34.0 Å². The number of rotatable bonds is 4. The second kappa shape index (κ2) is 6.77. The molecule has 4 heteroatoms. The van der Waals surface area contributed by atoms with E-state index in [9.17, 15) is 4.39 Å². The van der Waals surface area contributed by atoms with Gasteiger partial charge in [0.15, 0.2) is 0 Å². The van der Waals surface area contributed by atoms with E-state index in [-0.39, 0.29) is 5.82 Å².